The van der Waals surface area contributed by atoms with Crippen LogP contribution in [0.15, 0.2) is 57.6 Å². The van der Waals surface area contributed by atoms with Gasteiger partial charge in [0.2, 0.25) is 0 Å². The molecule has 1 aromatic heterocycles. The highest BCUT2D eigenvalue weighted by molar-refractivity contribution is 8.03. The molecule has 1 nitrogen and oxygen atoms in total. The number of thiophene rings is 1. The number of benzene rings is 1. The number of rotatable bonds is 6. The minimum atomic E-state index is 0.622. The largest absolute Gasteiger partial charge is 0.198 e. The Morgan fingerprint density at radius 2 is 2.05 bits per heavy atom. The molecular weight excluding hydrogens is 270 g/mol. The van der Waals surface area contributed by atoms with Crippen LogP contribution in [0.4, 0.5) is 0 Å². The molecule has 1 aromatic carbocycles. The first-order valence-electron chi connectivity index (χ1n) is 6.22. The van der Waals surface area contributed by atoms with E-state index >= 15 is 0 Å². The molecule has 1 heterocycles. The van der Waals surface area contributed by atoms with Crippen LogP contribution < -0.4 is 0 Å². The maximum Gasteiger partial charge on any atom is 0.0621 e. The Kier molecular flexibility index (Phi) is 5.74. The Morgan fingerprint density at radius 1 is 1.21 bits per heavy atom. The second-order valence-corrected chi connectivity index (χ2v) is 6.23. The molecule has 0 spiro atoms. The van der Waals surface area contributed by atoms with Crippen molar-refractivity contribution in [1.82, 2.24) is 0 Å². The summed E-state index contributed by atoms with van der Waals surface area (Å²) in [5.41, 5.74) is 0. The summed E-state index contributed by atoms with van der Waals surface area (Å²) in [6.07, 6.45) is 4.75. The molecule has 96 valence electrons. The van der Waals surface area contributed by atoms with Crippen molar-refractivity contribution in [1.29, 1.82) is 5.26 Å². The standard InChI is InChI=1S/C16H15NS2/c17-11-5-4-9-16(13-15-10-6-12-18-15)19-14-7-2-1-3-8-14/h1-3,6-8,10,12-13H,4-5,9H2/b16-13-. The molecule has 0 radical (unpaired) electrons. The molecule has 0 bridgehead atoms. The fourth-order valence-corrected chi connectivity index (χ4v) is 3.45. The van der Waals surface area contributed by atoms with Gasteiger partial charge in [0.1, 0.15) is 0 Å². The lowest BCUT2D eigenvalue weighted by Gasteiger charge is -2.06. The maximum absolute atomic E-state index is 8.65. The zero-order valence-corrected chi connectivity index (χ0v) is 12.2. The van der Waals surface area contributed by atoms with Gasteiger partial charge < -0.3 is 0 Å². The van der Waals surface area contributed by atoms with E-state index in [0.717, 1.165) is 12.8 Å². The van der Waals surface area contributed by atoms with Gasteiger partial charge in [-0.3, -0.25) is 0 Å². The normalized spacial score (nSPS) is 11.2. The lowest BCUT2D eigenvalue weighted by Crippen LogP contribution is -1.80. The molecule has 2 rings (SSSR count). The van der Waals surface area contributed by atoms with Gasteiger partial charge >= 0.3 is 0 Å². The highest BCUT2D eigenvalue weighted by atomic mass is 32.2. The number of hydrogen-bond acceptors (Lipinski definition) is 3. The van der Waals surface area contributed by atoms with Crippen molar-refractivity contribution >= 4 is 29.2 Å². The van der Waals surface area contributed by atoms with Crippen LogP contribution in [0.1, 0.15) is 24.1 Å². The van der Waals surface area contributed by atoms with Gasteiger partial charge in [0.25, 0.3) is 0 Å². The number of hydrogen-bond donors (Lipinski definition) is 0. The van der Waals surface area contributed by atoms with E-state index in [1.54, 1.807) is 23.1 Å². The molecule has 0 atom stereocenters. The van der Waals surface area contributed by atoms with Crippen LogP contribution in [0.2, 0.25) is 0 Å². The van der Waals surface area contributed by atoms with Gasteiger partial charge in [-0.25, -0.2) is 0 Å². The van der Waals surface area contributed by atoms with E-state index < -0.39 is 0 Å². The Morgan fingerprint density at radius 3 is 2.74 bits per heavy atom. The minimum Gasteiger partial charge on any atom is -0.198 e. The lowest BCUT2D eigenvalue weighted by molar-refractivity contribution is 0.871. The summed E-state index contributed by atoms with van der Waals surface area (Å²) >= 11 is 3.54. The molecule has 0 fully saturated rings. The van der Waals surface area contributed by atoms with Crippen LogP contribution >= 0.6 is 23.1 Å². The Balaban J connectivity index is 2.08. The van der Waals surface area contributed by atoms with Crippen LogP contribution in [0.5, 0.6) is 0 Å². The predicted molar refractivity (Wildman–Crippen MR) is 84.1 cm³/mol. The van der Waals surface area contributed by atoms with Gasteiger partial charge in [-0.1, -0.05) is 36.0 Å². The van der Waals surface area contributed by atoms with E-state index in [1.165, 1.54) is 14.7 Å². The zero-order chi connectivity index (χ0) is 13.3. The van der Waals surface area contributed by atoms with Gasteiger partial charge in [0.05, 0.1) is 6.07 Å². The molecule has 0 saturated heterocycles. The molecule has 0 aliphatic carbocycles. The lowest BCUT2D eigenvalue weighted by atomic mass is 10.2. The Bertz CT molecular complexity index is 550. The molecule has 0 N–H and O–H groups in total. The molecule has 19 heavy (non-hydrogen) atoms. The monoisotopic (exact) mass is 285 g/mol. The molecule has 0 amide bonds. The highest BCUT2D eigenvalue weighted by Crippen LogP contribution is 2.32. The SMILES string of the molecule is N#CCCC/C(=C/c1cccs1)Sc1ccccc1. The van der Waals surface area contributed by atoms with E-state index in [1.807, 2.05) is 6.07 Å². The summed E-state index contributed by atoms with van der Waals surface area (Å²) in [7, 11) is 0. The van der Waals surface area contributed by atoms with Crippen LogP contribution in [-0.4, -0.2) is 0 Å². The number of thioether (sulfide) groups is 1. The Labute approximate surface area is 122 Å². The van der Waals surface area contributed by atoms with E-state index in [4.69, 9.17) is 5.26 Å². The first-order valence-corrected chi connectivity index (χ1v) is 7.92. The van der Waals surface area contributed by atoms with Crippen molar-refractivity contribution in [2.45, 2.75) is 24.2 Å². The quantitative estimate of drug-likeness (QED) is 0.511. The maximum atomic E-state index is 8.65. The van der Waals surface area contributed by atoms with Crippen LogP contribution in [0.25, 0.3) is 6.08 Å². The molecule has 0 aliphatic heterocycles. The number of nitrogens with zero attached hydrogens (tertiary/aromatic N) is 1. The van der Waals surface area contributed by atoms with Crippen molar-refractivity contribution in [3.05, 3.63) is 57.6 Å². The third kappa shape index (κ3) is 4.94. The second-order valence-electron chi connectivity index (χ2n) is 4.05. The van der Waals surface area contributed by atoms with Crippen molar-refractivity contribution in [2.75, 3.05) is 0 Å². The molecular formula is C16H15NS2. The fourth-order valence-electron chi connectivity index (χ4n) is 1.67. The fraction of sp³-hybridized carbons (Fsp3) is 0.188. The van der Waals surface area contributed by atoms with Crippen molar-refractivity contribution < 1.29 is 0 Å². The molecule has 0 unspecified atom stereocenters. The first kappa shape index (κ1) is 13.9. The van der Waals surface area contributed by atoms with E-state index in [9.17, 15) is 0 Å². The van der Waals surface area contributed by atoms with Gasteiger partial charge in [-0.2, -0.15) is 5.26 Å². The summed E-state index contributed by atoms with van der Waals surface area (Å²) in [5, 5.41) is 10.7. The molecule has 0 aliphatic rings. The molecule has 2 aromatic rings. The second kappa shape index (κ2) is 7.83. The third-order valence-corrected chi connectivity index (χ3v) is 4.46. The van der Waals surface area contributed by atoms with Crippen LogP contribution in [0.3, 0.4) is 0 Å². The van der Waals surface area contributed by atoms with E-state index in [2.05, 4.69) is 53.9 Å². The zero-order valence-electron chi connectivity index (χ0n) is 10.6. The van der Waals surface area contributed by atoms with Gasteiger partial charge in [0, 0.05) is 16.2 Å². The highest BCUT2D eigenvalue weighted by Gasteiger charge is 2.02. The smallest absolute Gasteiger partial charge is 0.0621 e. The van der Waals surface area contributed by atoms with Crippen LogP contribution in [0, 0.1) is 11.3 Å². The van der Waals surface area contributed by atoms with Gasteiger partial charge in [-0.15, -0.1) is 11.3 Å². The topological polar surface area (TPSA) is 23.8 Å². The van der Waals surface area contributed by atoms with Crippen molar-refractivity contribution in [2.24, 2.45) is 0 Å². The Hall–Kier alpha value is -1.50. The molecule has 0 saturated carbocycles. The summed E-state index contributed by atoms with van der Waals surface area (Å²) in [6, 6.07) is 16.8. The van der Waals surface area contributed by atoms with Gasteiger partial charge in [0.15, 0.2) is 0 Å². The van der Waals surface area contributed by atoms with Crippen molar-refractivity contribution in [3.8, 4) is 6.07 Å². The summed E-state index contributed by atoms with van der Waals surface area (Å²) < 4.78 is 0. The summed E-state index contributed by atoms with van der Waals surface area (Å²) in [5.74, 6) is 0. The number of allylic oxidation sites excluding steroid dienone is 1. The number of unbranched alkanes of at least 4 members (excludes halogenated alkanes) is 1. The van der Waals surface area contributed by atoms with Crippen molar-refractivity contribution in [3.63, 3.8) is 0 Å². The van der Waals surface area contributed by atoms with E-state index in [-0.39, 0.29) is 0 Å². The summed E-state index contributed by atoms with van der Waals surface area (Å²) in [4.78, 5) is 3.85. The molecule has 3 heteroatoms. The average Bonchev–Trinajstić information content (AvgIpc) is 2.93. The van der Waals surface area contributed by atoms with E-state index in [0.29, 0.717) is 6.42 Å². The van der Waals surface area contributed by atoms with Gasteiger partial charge in [-0.05, 0) is 47.4 Å². The van der Waals surface area contributed by atoms with Crippen LogP contribution in [-0.2, 0) is 0 Å². The first-order chi connectivity index (χ1) is 9.38. The summed E-state index contributed by atoms with van der Waals surface area (Å²) in [6.45, 7) is 0. The average molecular weight is 285 g/mol. The minimum absolute atomic E-state index is 0.622. The number of nitriles is 1. The predicted octanol–water partition coefficient (Wildman–Crippen LogP) is 5.58. The third-order valence-electron chi connectivity index (χ3n) is 2.55.